The van der Waals surface area contributed by atoms with Gasteiger partial charge in [0.25, 0.3) is 0 Å². The van der Waals surface area contributed by atoms with Gasteiger partial charge in [-0.3, -0.25) is 57.5 Å². The third-order valence-corrected chi connectivity index (χ3v) is 11.0. The molecule has 0 unspecified atom stereocenters. The van der Waals surface area contributed by atoms with E-state index in [1.54, 1.807) is 0 Å². The number of hydrogen-bond donors (Lipinski definition) is 20. The number of hydrogen-bond acceptors (Lipinski definition) is 20. The topological polar surface area (TPSA) is 579 Å². The summed E-state index contributed by atoms with van der Waals surface area (Å²) < 4.78 is 0. The highest BCUT2D eigenvalue weighted by Crippen LogP contribution is 2.09. The molecule has 1 rings (SSSR count). The van der Waals surface area contributed by atoms with Crippen LogP contribution in [-0.2, 0) is 68.7 Å². The number of H-pyrrole nitrogens is 1. The molecule has 77 heavy (non-hydrogen) atoms. The number of carboxylic acid groups (broad SMARTS) is 2. The Morgan fingerprint density at radius 3 is 1.23 bits per heavy atom. The average molecular weight is 1100 g/mol. The lowest BCUT2D eigenvalue weighted by atomic mass is 10.0. The van der Waals surface area contributed by atoms with E-state index in [4.69, 9.17) is 17.2 Å². The second-order valence-corrected chi connectivity index (χ2v) is 17.9. The number of aliphatic hydroxyl groups excluding tert-OH is 5. The van der Waals surface area contributed by atoms with Crippen molar-refractivity contribution in [3.05, 3.63) is 18.2 Å². The molecule has 0 bridgehead atoms. The number of rotatable bonds is 35. The largest absolute Gasteiger partial charge is 0.481 e. The van der Waals surface area contributed by atoms with Crippen LogP contribution in [0.25, 0.3) is 0 Å². The molecule has 34 nitrogen and oxygen atoms in total. The Hall–Kier alpha value is -7.92. The first-order valence-electron chi connectivity index (χ1n) is 23.6. The van der Waals surface area contributed by atoms with Crippen LogP contribution in [0.1, 0.15) is 72.4 Å². The van der Waals surface area contributed by atoms with Crippen LogP contribution in [0, 0.1) is 5.92 Å². The Morgan fingerprint density at radius 2 is 0.870 bits per heavy atom. The van der Waals surface area contributed by atoms with E-state index in [1.165, 1.54) is 26.4 Å². The van der Waals surface area contributed by atoms with Crippen LogP contribution in [0.15, 0.2) is 12.5 Å². The highest BCUT2D eigenvalue weighted by molar-refractivity contribution is 6.00. The molecule has 0 spiro atoms. The molecule has 1 aromatic heterocycles. The summed E-state index contributed by atoms with van der Waals surface area (Å²) in [5.41, 5.74) is 16.8. The molecule has 0 aromatic carbocycles. The van der Waals surface area contributed by atoms with Gasteiger partial charge in [0.05, 0.1) is 56.0 Å². The molecular formula is C43H70N14O20. The summed E-state index contributed by atoms with van der Waals surface area (Å²) in [5, 5.41) is 89.1. The van der Waals surface area contributed by atoms with E-state index in [2.05, 4.69) is 36.6 Å². The van der Waals surface area contributed by atoms with Gasteiger partial charge in [0.15, 0.2) is 0 Å². The minimum Gasteiger partial charge on any atom is -0.481 e. The number of nitrogens with one attached hydrogen (secondary N) is 10. The number of primary amides is 2. The van der Waals surface area contributed by atoms with Crippen LogP contribution in [0.2, 0.25) is 0 Å². The van der Waals surface area contributed by atoms with Gasteiger partial charge in [-0.05, 0) is 39.5 Å². The fourth-order valence-electron chi connectivity index (χ4n) is 6.69. The fourth-order valence-corrected chi connectivity index (χ4v) is 6.69. The van der Waals surface area contributed by atoms with Crippen molar-refractivity contribution in [3.63, 3.8) is 0 Å². The zero-order chi connectivity index (χ0) is 59.0. The molecular weight excluding hydrogens is 1030 g/mol. The molecule has 432 valence electrons. The number of aromatic nitrogens is 2. The summed E-state index contributed by atoms with van der Waals surface area (Å²) in [6.07, 6.45) is -6.11. The van der Waals surface area contributed by atoms with E-state index in [-0.39, 0.29) is 6.42 Å². The van der Waals surface area contributed by atoms with Crippen molar-refractivity contribution < 1.29 is 98.1 Å². The number of nitrogens with two attached hydrogens (primary N) is 3. The van der Waals surface area contributed by atoms with Crippen LogP contribution in [0.5, 0.6) is 0 Å². The first-order chi connectivity index (χ1) is 35.8. The van der Waals surface area contributed by atoms with Crippen LogP contribution < -0.4 is 65.1 Å². The molecule has 1 heterocycles. The van der Waals surface area contributed by atoms with Crippen molar-refractivity contribution in [3.8, 4) is 0 Å². The van der Waals surface area contributed by atoms with Gasteiger partial charge in [0.2, 0.25) is 65.0 Å². The number of amides is 11. The Balaban J connectivity index is 3.27. The maximum absolute atomic E-state index is 13.5. The molecule has 23 N–H and O–H groups in total. The van der Waals surface area contributed by atoms with Crippen molar-refractivity contribution in [2.24, 2.45) is 23.1 Å². The highest BCUT2D eigenvalue weighted by atomic mass is 16.4. The summed E-state index contributed by atoms with van der Waals surface area (Å²) in [6, 6.07) is -18.3. The summed E-state index contributed by atoms with van der Waals surface area (Å²) in [7, 11) is 0. The SMILES string of the molecule is CC(C)[C@H](NC(=O)[C@@H](NC(=O)[C@H](CCC(=O)O)NC(=O)[C@@H](NC(=O)[C@H](CO)NC(=O)[C@H](CC(N)=O)NC(=O)[C@@H](NC(=O)[C@H](CO)NC(=O)[C@H](CCC(N)=O)NC(=O)[C@@H](N)Cc1c[nH]cn1)[C@@H](C)O)[C@@H](C)O)[C@@H](C)O)C(=O)O. The lowest BCUT2D eigenvalue weighted by molar-refractivity contribution is -0.144. The second-order valence-electron chi connectivity index (χ2n) is 17.9. The normalized spacial score (nSPS) is 16.2. The van der Waals surface area contributed by atoms with Crippen molar-refractivity contribution in [1.29, 1.82) is 0 Å². The number of carbonyl (C=O) groups is 13. The minimum absolute atomic E-state index is 0.0840. The van der Waals surface area contributed by atoms with Crippen LogP contribution in [0.3, 0.4) is 0 Å². The molecule has 0 aliphatic heterocycles. The zero-order valence-corrected chi connectivity index (χ0v) is 42.5. The number of aliphatic carboxylic acids is 2. The Morgan fingerprint density at radius 1 is 0.506 bits per heavy atom. The standard InChI is InChI=1S/C43H70N14O20/c1-16(2)30(43(76)77)54-42(75)33(19(5)62)55-36(69)23(7-9-29(65)66)50-40(73)31(17(3)60)56-39(72)26(14-59)53-37(70)24(11-28(46)64)51-41(74)32(18(4)61)57-38(71)25(13-58)52-35(68)22(6-8-27(45)63)49-34(67)21(44)10-20-12-47-15-48-20/h12,15-19,21-26,30-33,58-62H,6-11,13-14,44H2,1-5H3,(H2,45,63)(H2,46,64)(H,47,48)(H,49,67)(H,50,73)(H,51,74)(H,52,68)(H,53,70)(H,54,75)(H,55,69)(H,56,72)(H,57,71)(H,65,66)(H,76,77)/t17-,18-,19-,21+,22+,23+,24+,25+,26+,30+,31+,32+,33+/m1/s1. The minimum atomic E-state index is -2.09. The Bertz CT molecular complexity index is 2250. The molecule has 13 atom stereocenters. The number of carboxylic acids is 2. The molecule has 0 radical (unpaired) electrons. The van der Waals surface area contributed by atoms with Crippen molar-refractivity contribution in [2.45, 2.75) is 152 Å². The van der Waals surface area contributed by atoms with Crippen molar-refractivity contribution in [2.75, 3.05) is 13.2 Å². The Labute approximate surface area is 438 Å². The van der Waals surface area contributed by atoms with E-state index in [9.17, 15) is 98.1 Å². The third kappa shape index (κ3) is 23.2. The van der Waals surface area contributed by atoms with E-state index in [0.29, 0.717) is 5.69 Å². The molecule has 0 saturated heterocycles. The fraction of sp³-hybridized carbons (Fsp3) is 0.628. The Kier molecular flexibility index (Phi) is 28.3. The van der Waals surface area contributed by atoms with E-state index < -0.39 is 207 Å². The smallest absolute Gasteiger partial charge is 0.326 e. The number of aliphatic hydroxyl groups is 5. The maximum Gasteiger partial charge on any atom is 0.326 e. The van der Waals surface area contributed by atoms with Gasteiger partial charge in [-0.15, -0.1) is 0 Å². The van der Waals surface area contributed by atoms with Crippen molar-refractivity contribution in [1.82, 2.24) is 57.8 Å². The van der Waals surface area contributed by atoms with Gasteiger partial charge >= 0.3 is 11.9 Å². The molecule has 11 amide bonds. The maximum atomic E-state index is 13.5. The number of nitrogens with zero attached hydrogens (tertiary/aromatic N) is 1. The van der Waals surface area contributed by atoms with Gasteiger partial charge in [-0.2, -0.15) is 0 Å². The van der Waals surface area contributed by atoms with E-state index >= 15 is 0 Å². The number of aromatic amines is 1. The predicted molar refractivity (Wildman–Crippen MR) is 258 cm³/mol. The molecule has 0 fully saturated rings. The summed E-state index contributed by atoms with van der Waals surface area (Å²) in [5.74, 6) is -17.3. The molecule has 0 saturated carbocycles. The van der Waals surface area contributed by atoms with Crippen LogP contribution >= 0.6 is 0 Å². The zero-order valence-electron chi connectivity index (χ0n) is 42.5. The van der Waals surface area contributed by atoms with Gasteiger partial charge in [-0.25, -0.2) is 9.78 Å². The average Bonchev–Trinajstić information content (AvgIpc) is 3.85. The van der Waals surface area contributed by atoms with Crippen LogP contribution in [-0.4, -0.2) is 215 Å². The van der Waals surface area contributed by atoms with Gasteiger partial charge in [0.1, 0.15) is 54.4 Å². The first-order valence-corrected chi connectivity index (χ1v) is 23.6. The molecule has 0 aliphatic carbocycles. The van der Waals surface area contributed by atoms with Gasteiger partial charge in [-0.1, -0.05) is 13.8 Å². The molecule has 1 aromatic rings. The lowest BCUT2D eigenvalue weighted by Crippen LogP contribution is -2.63. The lowest BCUT2D eigenvalue weighted by Gasteiger charge is -2.29. The third-order valence-electron chi connectivity index (χ3n) is 11.0. The summed E-state index contributed by atoms with van der Waals surface area (Å²) in [6.45, 7) is 3.44. The van der Waals surface area contributed by atoms with E-state index in [0.717, 1.165) is 20.8 Å². The van der Waals surface area contributed by atoms with Crippen LogP contribution in [0.4, 0.5) is 0 Å². The summed E-state index contributed by atoms with van der Waals surface area (Å²) in [4.78, 5) is 173. The predicted octanol–water partition coefficient (Wildman–Crippen LogP) is -10.5. The van der Waals surface area contributed by atoms with Gasteiger partial charge < -0.3 is 106 Å². The monoisotopic (exact) mass is 1100 g/mol. The second kappa shape index (κ2) is 32.5. The quantitative estimate of drug-likeness (QED) is 0.0300. The molecule has 34 heteroatoms. The number of imidazole rings is 1. The summed E-state index contributed by atoms with van der Waals surface area (Å²) >= 11 is 0. The van der Waals surface area contributed by atoms with E-state index in [1.807, 2.05) is 21.3 Å². The highest BCUT2D eigenvalue weighted by Gasteiger charge is 2.38. The van der Waals surface area contributed by atoms with Crippen molar-refractivity contribution >= 4 is 76.9 Å². The number of carbonyl (C=O) groups excluding carboxylic acids is 11. The first kappa shape index (κ1) is 67.1. The van der Waals surface area contributed by atoms with Gasteiger partial charge in [0, 0.05) is 25.5 Å². The molecule has 0 aliphatic rings.